The zero-order valence-corrected chi connectivity index (χ0v) is 15.4. The molecule has 2 N–H and O–H groups in total. The Morgan fingerprint density at radius 1 is 1.26 bits per heavy atom. The molecular formula is C19H31ClN2O. The second-order valence-corrected chi connectivity index (χ2v) is 7.12. The van der Waals surface area contributed by atoms with Crippen LogP contribution in [0.4, 0.5) is 5.69 Å². The molecule has 0 bridgehead atoms. The average Bonchev–Trinajstić information content (AvgIpc) is 2.57. The van der Waals surface area contributed by atoms with Gasteiger partial charge in [0, 0.05) is 6.07 Å². The Labute approximate surface area is 146 Å². The number of nitrogens with zero attached hydrogens (tertiary/aromatic N) is 1. The number of hydrogen-bond donors (Lipinski definition) is 1. The van der Waals surface area contributed by atoms with E-state index in [1.165, 1.54) is 63.7 Å². The largest absolute Gasteiger partial charge is 0.496 e. The number of benzene rings is 1. The number of methoxy groups -OCH3 is 1. The van der Waals surface area contributed by atoms with Crippen LogP contribution < -0.4 is 10.5 Å². The molecule has 1 aliphatic heterocycles. The highest BCUT2D eigenvalue weighted by atomic mass is 35.5. The Morgan fingerprint density at radius 3 is 2.65 bits per heavy atom. The van der Waals surface area contributed by atoms with Gasteiger partial charge in [-0.25, -0.2) is 0 Å². The number of ether oxygens (including phenoxy) is 1. The van der Waals surface area contributed by atoms with Crippen LogP contribution in [-0.2, 0) is 6.42 Å². The van der Waals surface area contributed by atoms with Crippen molar-refractivity contribution < 1.29 is 4.74 Å². The van der Waals surface area contributed by atoms with E-state index in [1.54, 1.807) is 7.11 Å². The topological polar surface area (TPSA) is 38.5 Å². The van der Waals surface area contributed by atoms with Gasteiger partial charge in [-0.05, 0) is 69.3 Å². The van der Waals surface area contributed by atoms with Crippen molar-refractivity contribution in [3.05, 3.63) is 22.7 Å². The van der Waals surface area contributed by atoms with E-state index in [2.05, 4.69) is 11.8 Å². The molecule has 1 aliphatic rings. The lowest BCUT2D eigenvalue weighted by Gasteiger charge is -2.32. The van der Waals surface area contributed by atoms with Crippen LogP contribution in [-0.4, -0.2) is 31.6 Å². The van der Waals surface area contributed by atoms with Crippen LogP contribution in [0, 0.1) is 5.92 Å². The summed E-state index contributed by atoms with van der Waals surface area (Å²) in [6.07, 6.45) is 8.84. The second kappa shape index (κ2) is 9.39. The lowest BCUT2D eigenvalue weighted by Crippen LogP contribution is -2.34. The molecule has 1 saturated heterocycles. The van der Waals surface area contributed by atoms with Gasteiger partial charge in [0.1, 0.15) is 5.75 Å². The Balaban J connectivity index is 1.75. The number of nitrogen functional groups attached to an aromatic ring is 1. The first-order chi connectivity index (χ1) is 11.1. The van der Waals surface area contributed by atoms with Crippen molar-refractivity contribution in [1.29, 1.82) is 0 Å². The highest BCUT2D eigenvalue weighted by Gasteiger charge is 2.18. The minimum absolute atomic E-state index is 0.590. The quantitative estimate of drug-likeness (QED) is 0.694. The van der Waals surface area contributed by atoms with Crippen molar-refractivity contribution in [2.24, 2.45) is 5.92 Å². The zero-order valence-electron chi connectivity index (χ0n) is 14.6. The van der Waals surface area contributed by atoms with Crippen molar-refractivity contribution in [2.45, 2.75) is 51.9 Å². The molecule has 1 aromatic carbocycles. The molecular weight excluding hydrogens is 308 g/mol. The molecule has 1 heterocycles. The molecule has 2 rings (SSSR count). The van der Waals surface area contributed by atoms with Gasteiger partial charge in [0.25, 0.3) is 0 Å². The number of hydrogen-bond acceptors (Lipinski definition) is 3. The third kappa shape index (κ3) is 5.58. The fourth-order valence-corrected chi connectivity index (χ4v) is 3.64. The summed E-state index contributed by atoms with van der Waals surface area (Å²) in [5.74, 6) is 1.74. The number of piperidine rings is 1. The monoisotopic (exact) mass is 338 g/mol. The van der Waals surface area contributed by atoms with E-state index in [1.807, 2.05) is 12.1 Å². The lowest BCUT2D eigenvalue weighted by molar-refractivity contribution is 0.176. The standard InChI is InChI=1S/C19H31ClN2O/c1-3-4-10-22-11-8-15(9-12-22)6-5-7-16-13-17(20)18(21)14-19(16)23-2/h13-15H,3-12,21H2,1-2H3. The van der Waals surface area contributed by atoms with Crippen molar-refractivity contribution in [2.75, 3.05) is 32.5 Å². The highest BCUT2D eigenvalue weighted by molar-refractivity contribution is 6.33. The van der Waals surface area contributed by atoms with E-state index in [9.17, 15) is 0 Å². The SMILES string of the molecule is CCCCN1CCC(CCCc2cc(Cl)c(N)cc2OC)CC1. The Hall–Kier alpha value is -0.930. The summed E-state index contributed by atoms with van der Waals surface area (Å²) in [7, 11) is 1.69. The predicted molar refractivity (Wildman–Crippen MR) is 99.4 cm³/mol. The first-order valence-corrected chi connectivity index (χ1v) is 9.36. The highest BCUT2D eigenvalue weighted by Crippen LogP contribution is 2.31. The third-order valence-electron chi connectivity index (χ3n) is 4.99. The summed E-state index contributed by atoms with van der Waals surface area (Å²) in [6, 6.07) is 3.80. The summed E-state index contributed by atoms with van der Waals surface area (Å²) in [5, 5.41) is 0.630. The molecule has 1 fully saturated rings. The summed E-state index contributed by atoms with van der Waals surface area (Å²) in [6.45, 7) is 6.11. The Morgan fingerprint density at radius 2 is 2.00 bits per heavy atom. The van der Waals surface area contributed by atoms with Crippen LogP contribution in [0.2, 0.25) is 5.02 Å². The molecule has 0 unspecified atom stereocenters. The van der Waals surface area contributed by atoms with Gasteiger partial charge in [-0.3, -0.25) is 0 Å². The number of nitrogens with two attached hydrogens (primary N) is 1. The summed E-state index contributed by atoms with van der Waals surface area (Å²) in [5.41, 5.74) is 7.60. The van der Waals surface area contributed by atoms with Crippen LogP contribution in [0.15, 0.2) is 12.1 Å². The summed E-state index contributed by atoms with van der Waals surface area (Å²) in [4.78, 5) is 2.63. The summed E-state index contributed by atoms with van der Waals surface area (Å²) >= 11 is 6.14. The summed E-state index contributed by atoms with van der Waals surface area (Å²) < 4.78 is 5.43. The van der Waals surface area contributed by atoms with Gasteiger partial charge in [-0.1, -0.05) is 31.4 Å². The lowest BCUT2D eigenvalue weighted by atomic mass is 9.90. The molecule has 0 aromatic heterocycles. The van der Waals surface area contributed by atoms with E-state index >= 15 is 0 Å². The molecule has 3 nitrogen and oxygen atoms in total. The Bertz CT molecular complexity index is 485. The molecule has 0 saturated carbocycles. The van der Waals surface area contributed by atoms with Gasteiger partial charge in [-0.15, -0.1) is 0 Å². The minimum atomic E-state index is 0.590. The average molecular weight is 339 g/mol. The number of halogens is 1. The molecule has 1 aromatic rings. The van der Waals surface area contributed by atoms with E-state index in [0.29, 0.717) is 10.7 Å². The van der Waals surface area contributed by atoms with Crippen LogP contribution in [0.3, 0.4) is 0 Å². The maximum atomic E-state index is 6.14. The first-order valence-electron chi connectivity index (χ1n) is 8.98. The maximum absolute atomic E-state index is 6.14. The van der Waals surface area contributed by atoms with E-state index < -0.39 is 0 Å². The van der Waals surface area contributed by atoms with Gasteiger partial charge in [0.15, 0.2) is 0 Å². The number of anilines is 1. The molecule has 0 atom stereocenters. The van der Waals surface area contributed by atoms with E-state index in [0.717, 1.165) is 18.1 Å². The fourth-order valence-electron chi connectivity index (χ4n) is 3.46. The van der Waals surface area contributed by atoms with Crippen molar-refractivity contribution in [1.82, 2.24) is 4.90 Å². The molecule has 23 heavy (non-hydrogen) atoms. The van der Waals surface area contributed by atoms with Crippen LogP contribution in [0.25, 0.3) is 0 Å². The van der Waals surface area contributed by atoms with Crippen molar-refractivity contribution >= 4 is 17.3 Å². The zero-order chi connectivity index (χ0) is 16.7. The molecule has 0 aliphatic carbocycles. The van der Waals surface area contributed by atoms with Crippen LogP contribution >= 0.6 is 11.6 Å². The smallest absolute Gasteiger partial charge is 0.124 e. The van der Waals surface area contributed by atoms with Crippen molar-refractivity contribution in [3.63, 3.8) is 0 Å². The third-order valence-corrected chi connectivity index (χ3v) is 5.32. The molecule has 0 amide bonds. The number of unbranched alkanes of at least 4 members (excludes halogenated alkanes) is 1. The fraction of sp³-hybridized carbons (Fsp3) is 0.684. The Kier molecular flexibility index (Phi) is 7.51. The maximum Gasteiger partial charge on any atom is 0.124 e. The predicted octanol–water partition coefficient (Wildman–Crippen LogP) is 4.77. The van der Waals surface area contributed by atoms with Gasteiger partial charge in [0.05, 0.1) is 17.8 Å². The number of likely N-dealkylation sites (tertiary alicyclic amines) is 1. The van der Waals surface area contributed by atoms with Gasteiger partial charge in [-0.2, -0.15) is 0 Å². The number of rotatable bonds is 8. The second-order valence-electron chi connectivity index (χ2n) is 6.72. The molecule has 0 radical (unpaired) electrons. The van der Waals surface area contributed by atoms with Crippen LogP contribution in [0.1, 0.15) is 51.0 Å². The first kappa shape index (κ1) is 18.4. The number of aryl methyl sites for hydroxylation is 1. The molecule has 4 heteroatoms. The van der Waals surface area contributed by atoms with Crippen LogP contribution in [0.5, 0.6) is 5.75 Å². The molecule has 130 valence electrons. The minimum Gasteiger partial charge on any atom is -0.496 e. The van der Waals surface area contributed by atoms with Gasteiger partial charge in [0.2, 0.25) is 0 Å². The van der Waals surface area contributed by atoms with Gasteiger partial charge >= 0.3 is 0 Å². The van der Waals surface area contributed by atoms with E-state index in [-0.39, 0.29) is 0 Å². The van der Waals surface area contributed by atoms with Gasteiger partial charge < -0.3 is 15.4 Å². The molecule has 0 spiro atoms. The normalized spacial score (nSPS) is 16.7. The van der Waals surface area contributed by atoms with E-state index in [4.69, 9.17) is 22.1 Å². The van der Waals surface area contributed by atoms with Crippen molar-refractivity contribution in [3.8, 4) is 5.75 Å².